The Morgan fingerprint density at radius 2 is 1.94 bits per heavy atom. The average molecular weight is 487 g/mol. The maximum absolute atomic E-state index is 12.9. The minimum absolute atomic E-state index is 0.115. The monoisotopic (exact) mass is 486 g/mol. The van der Waals surface area contributed by atoms with Gasteiger partial charge in [0.25, 0.3) is 0 Å². The summed E-state index contributed by atoms with van der Waals surface area (Å²) in [7, 11) is -2.09. The van der Waals surface area contributed by atoms with Gasteiger partial charge in [-0.05, 0) is 49.9 Å². The van der Waals surface area contributed by atoms with Gasteiger partial charge in [-0.15, -0.1) is 5.10 Å². The second-order valence-electron chi connectivity index (χ2n) is 8.41. The van der Waals surface area contributed by atoms with E-state index in [0.29, 0.717) is 31.4 Å². The molecule has 34 heavy (non-hydrogen) atoms. The van der Waals surface area contributed by atoms with Crippen molar-refractivity contribution in [1.29, 1.82) is 0 Å². The molecule has 1 saturated heterocycles. The number of benzene rings is 2. The van der Waals surface area contributed by atoms with Gasteiger partial charge in [-0.2, -0.15) is 0 Å². The Labute approximate surface area is 199 Å². The number of aromatic nitrogens is 3. The number of ether oxygens (including phenoxy) is 2. The third-order valence-corrected chi connectivity index (χ3v) is 7.74. The summed E-state index contributed by atoms with van der Waals surface area (Å²) in [4.78, 5) is 0.242. The van der Waals surface area contributed by atoms with Gasteiger partial charge in [0.15, 0.2) is 0 Å². The molecule has 0 radical (unpaired) electrons. The molecule has 0 unspecified atom stereocenters. The number of aliphatic hydroxyl groups excluding tert-OH is 1. The van der Waals surface area contributed by atoms with Crippen LogP contribution in [0.4, 0.5) is 0 Å². The topological polar surface area (TPSA) is 116 Å². The van der Waals surface area contributed by atoms with Gasteiger partial charge >= 0.3 is 0 Å². The molecule has 4 rings (SSSR count). The van der Waals surface area contributed by atoms with Crippen LogP contribution in [0.25, 0.3) is 11.3 Å². The fraction of sp³-hybridized carbons (Fsp3) is 0.417. The third-order valence-electron chi connectivity index (χ3n) is 6.09. The van der Waals surface area contributed by atoms with Crippen molar-refractivity contribution in [3.8, 4) is 17.0 Å². The summed E-state index contributed by atoms with van der Waals surface area (Å²) in [5.74, 6) is 0.732. The summed E-state index contributed by atoms with van der Waals surface area (Å²) >= 11 is 0. The van der Waals surface area contributed by atoms with Gasteiger partial charge in [0.2, 0.25) is 10.0 Å². The molecule has 3 atom stereocenters. The molecule has 0 spiro atoms. The minimum atomic E-state index is -3.71. The Kier molecular flexibility index (Phi) is 7.62. The van der Waals surface area contributed by atoms with E-state index >= 15 is 0 Å². The van der Waals surface area contributed by atoms with Crippen molar-refractivity contribution in [2.45, 2.75) is 55.9 Å². The largest absolute Gasteiger partial charge is 0.496 e. The first-order chi connectivity index (χ1) is 16.4. The van der Waals surface area contributed by atoms with Gasteiger partial charge in [-0.25, -0.2) is 13.1 Å². The van der Waals surface area contributed by atoms with Crippen LogP contribution >= 0.6 is 0 Å². The quantitative estimate of drug-likeness (QED) is 0.478. The summed E-state index contributed by atoms with van der Waals surface area (Å²) in [6.45, 7) is 2.08. The molecular formula is C24H30N4O5S. The van der Waals surface area contributed by atoms with Gasteiger partial charge in [0, 0.05) is 12.1 Å². The van der Waals surface area contributed by atoms with E-state index in [0.717, 1.165) is 17.0 Å². The fourth-order valence-corrected chi connectivity index (χ4v) is 5.81. The number of methoxy groups -OCH3 is 1. The third kappa shape index (κ3) is 5.47. The van der Waals surface area contributed by atoms with Gasteiger partial charge in [-0.3, -0.25) is 4.68 Å². The molecule has 1 aliphatic rings. The normalized spacial score (nSPS) is 20.9. The van der Waals surface area contributed by atoms with E-state index in [4.69, 9.17) is 9.47 Å². The van der Waals surface area contributed by atoms with Gasteiger partial charge < -0.3 is 14.6 Å². The SMILES string of the molecule is COc1ccccc1-c1cn(CC[C@H]2CC[C@@H](NS(=O)(=O)c3ccccc3C)[C@H](CO)O2)nn1. The van der Waals surface area contributed by atoms with Crippen LogP contribution in [0.5, 0.6) is 5.75 Å². The molecule has 0 saturated carbocycles. The molecule has 10 heteroatoms. The lowest BCUT2D eigenvalue weighted by molar-refractivity contribution is -0.0891. The van der Waals surface area contributed by atoms with Crippen molar-refractivity contribution < 1.29 is 23.0 Å². The summed E-state index contributed by atoms with van der Waals surface area (Å²) in [6, 6.07) is 14.0. The number of nitrogens with one attached hydrogen (secondary N) is 1. The van der Waals surface area contributed by atoms with E-state index in [9.17, 15) is 13.5 Å². The Bertz CT molecular complexity index is 1210. The second-order valence-corrected chi connectivity index (χ2v) is 10.1. The van der Waals surface area contributed by atoms with E-state index in [1.807, 2.05) is 30.5 Å². The number of rotatable bonds is 9. The van der Waals surface area contributed by atoms with Crippen molar-refractivity contribution in [2.75, 3.05) is 13.7 Å². The molecular weight excluding hydrogens is 456 g/mol. The molecule has 1 fully saturated rings. The first kappa shape index (κ1) is 24.3. The number of nitrogens with zero attached hydrogens (tertiary/aromatic N) is 3. The Balaban J connectivity index is 1.35. The minimum Gasteiger partial charge on any atom is -0.496 e. The number of aliphatic hydroxyl groups is 1. The van der Waals surface area contributed by atoms with E-state index in [-0.39, 0.29) is 17.6 Å². The van der Waals surface area contributed by atoms with E-state index in [2.05, 4.69) is 15.0 Å². The lowest BCUT2D eigenvalue weighted by Crippen LogP contribution is -2.51. The van der Waals surface area contributed by atoms with Crippen molar-refractivity contribution >= 4 is 10.0 Å². The predicted molar refractivity (Wildman–Crippen MR) is 127 cm³/mol. The molecule has 0 aliphatic carbocycles. The zero-order valence-electron chi connectivity index (χ0n) is 19.3. The van der Waals surface area contributed by atoms with Gasteiger partial charge in [-0.1, -0.05) is 35.5 Å². The lowest BCUT2D eigenvalue weighted by Gasteiger charge is -2.36. The van der Waals surface area contributed by atoms with Crippen molar-refractivity contribution in [3.63, 3.8) is 0 Å². The maximum Gasteiger partial charge on any atom is 0.241 e. The first-order valence-electron chi connectivity index (χ1n) is 11.3. The van der Waals surface area contributed by atoms with Crippen molar-refractivity contribution in [2.24, 2.45) is 0 Å². The standard InChI is InChI=1S/C24H30N4O5S/c1-17-7-3-6-10-24(17)34(30,31)26-20-12-11-18(33-23(20)16-29)13-14-28-15-21(25-27-28)19-8-4-5-9-22(19)32-2/h3-10,15,18,20,23,26,29H,11-14,16H2,1-2H3/t18-,20-,23+/m1/s1. The molecule has 9 nitrogen and oxygen atoms in total. The van der Waals surface area contributed by atoms with Crippen LogP contribution in [0, 0.1) is 6.92 Å². The highest BCUT2D eigenvalue weighted by molar-refractivity contribution is 7.89. The zero-order valence-corrected chi connectivity index (χ0v) is 20.1. The number of para-hydroxylation sites is 1. The van der Waals surface area contributed by atoms with Crippen LogP contribution in [0.2, 0.25) is 0 Å². The highest BCUT2D eigenvalue weighted by Gasteiger charge is 2.34. The second kappa shape index (κ2) is 10.6. The number of aryl methyl sites for hydroxylation is 2. The average Bonchev–Trinajstić information content (AvgIpc) is 3.32. The molecule has 2 N–H and O–H groups in total. The van der Waals surface area contributed by atoms with Crippen molar-refractivity contribution in [1.82, 2.24) is 19.7 Å². The summed E-state index contributed by atoms with van der Waals surface area (Å²) < 4.78 is 41.7. The Morgan fingerprint density at radius 1 is 1.18 bits per heavy atom. The molecule has 2 heterocycles. The molecule has 2 aromatic carbocycles. The predicted octanol–water partition coefficient (Wildman–Crippen LogP) is 2.54. The number of hydrogen-bond acceptors (Lipinski definition) is 7. The van der Waals surface area contributed by atoms with Gasteiger partial charge in [0.1, 0.15) is 11.4 Å². The number of hydrogen-bond donors (Lipinski definition) is 2. The van der Waals surface area contributed by atoms with Crippen LogP contribution in [-0.2, 0) is 21.3 Å². The summed E-state index contributed by atoms with van der Waals surface area (Å²) in [6.07, 6.45) is 3.05. The molecule has 3 aromatic rings. The molecule has 1 aromatic heterocycles. The van der Waals surface area contributed by atoms with E-state index < -0.39 is 22.2 Å². The van der Waals surface area contributed by atoms with Crippen LogP contribution in [0.1, 0.15) is 24.8 Å². The van der Waals surface area contributed by atoms with Crippen molar-refractivity contribution in [3.05, 3.63) is 60.3 Å². The highest BCUT2D eigenvalue weighted by atomic mass is 32.2. The van der Waals surface area contributed by atoms with Crippen LogP contribution < -0.4 is 9.46 Å². The smallest absolute Gasteiger partial charge is 0.241 e. The zero-order chi connectivity index (χ0) is 24.1. The molecule has 1 aliphatic heterocycles. The van der Waals surface area contributed by atoms with E-state index in [1.165, 1.54) is 0 Å². The maximum atomic E-state index is 12.9. The molecule has 0 amide bonds. The molecule has 182 valence electrons. The number of sulfonamides is 1. The van der Waals surface area contributed by atoms with E-state index in [1.54, 1.807) is 43.0 Å². The first-order valence-corrected chi connectivity index (χ1v) is 12.8. The molecule has 0 bridgehead atoms. The van der Waals surface area contributed by atoms with Gasteiger partial charge in [0.05, 0.1) is 43.1 Å². The summed E-state index contributed by atoms with van der Waals surface area (Å²) in [5.41, 5.74) is 2.26. The lowest BCUT2D eigenvalue weighted by atomic mass is 9.98. The highest BCUT2D eigenvalue weighted by Crippen LogP contribution is 2.28. The van der Waals surface area contributed by atoms with Crippen LogP contribution in [-0.4, -0.2) is 60.5 Å². The van der Waals surface area contributed by atoms with Crippen LogP contribution in [0.3, 0.4) is 0 Å². The fourth-order valence-electron chi connectivity index (χ4n) is 4.26. The Hall–Kier alpha value is -2.79. The van der Waals surface area contributed by atoms with Crippen LogP contribution in [0.15, 0.2) is 59.6 Å². The Morgan fingerprint density at radius 3 is 2.71 bits per heavy atom. The summed E-state index contributed by atoms with van der Waals surface area (Å²) in [5, 5.41) is 18.3.